The normalized spacial score (nSPS) is 15.6. The highest BCUT2D eigenvalue weighted by Crippen LogP contribution is 2.16. The maximum Gasteiger partial charge on any atom is 0.194 e. The largest absolute Gasteiger partial charge is 0.393 e. The van der Waals surface area contributed by atoms with Crippen molar-refractivity contribution in [1.82, 2.24) is 25.1 Å². The quantitative estimate of drug-likeness (QED) is 0.214. The molecule has 0 amide bonds. The summed E-state index contributed by atoms with van der Waals surface area (Å²) in [5.41, 5.74) is 2.17. The summed E-state index contributed by atoms with van der Waals surface area (Å²) in [6.45, 7) is 7.41. The second-order valence-corrected chi connectivity index (χ2v) is 7.63. The van der Waals surface area contributed by atoms with E-state index in [1.165, 1.54) is 0 Å². The van der Waals surface area contributed by atoms with Gasteiger partial charge in [-0.1, -0.05) is 30.3 Å². The minimum atomic E-state index is -0.109. The fourth-order valence-electron chi connectivity index (χ4n) is 3.60. The zero-order valence-corrected chi connectivity index (χ0v) is 20.4. The monoisotopic (exact) mass is 526 g/mol. The number of nitrogens with one attached hydrogen (secondary N) is 2. The summed E-state index contributed by atoms with van der Waals surface area (Å²) in [7, 11) is 2.04. The third kappa shape index (κ3) is 7.55. The number of benzene rings is 1. The average molecular weight is 526 g/mol. The van der Waals surface area contributed by atoms with E-state index in [1.807, 2.05) is 31.4 Å². The molecule has 0 spiro atoms. The van der Waals surface area contributed by atoms with E-state index in [-0.39, 0.29) is 30.1 Å². The van der Waals surface area contributed by atoms with Crippen LogP contribution < -0.4 is 5.32 Å². The first-order valence-electron chi connectivity index (χ1n) is 10.6. The molecule has 0 saturated carbocycles. The minimum absolute atomic E-state index is 0. The first-order valence-corrected chi connectivity index (χ1v) is 10.6. The molecule has 1 fully saturated rings. The lowest BCUT2D eigenvalue weighted by Crippen LogP contribution is -2.39. The Labute approximate surface area is 197 Å². The summed E-state index contributed by atoms with van der Waals surface area (Å²) in [6, 6.07) is 10.2. The summed E-state index contributed by atoms with van der Waals surface area (Å²) < 4.78 is 0. The number of likely N-dealkylation sites (tertiary alicyclic amines) is 1. The number of hydrogen-bond donors (Lipinski definition) is 3. The van der Waals surface area contributed by atoms with Gasteiger partial charge >= 0.3 is 0 Å². The fraction of sp³-hybridized carbons (Fsp3) is 0.545. The van der Waals surface area contributed by atoms with E-state index in [2.05, 4.69) is 44.1 Å². The molecule has 1 saturated heterocycles. The van der Waals surface area contributed by atoms with Gasteiger partial charge in [-0.3, -0.25) is 4.99 Å². The summed E-state index contributed by atoms with van der Waals surface area (Å²) in [5, 5.41) is 13.0. The second kappa shape index (κ2) is 12.9. The van der Waals surface area contributed by atoms with E-state index in [9.17, 15) is 5.11 Å². The van der Waals surface area contributed by atoms with E-state index in [0.717, 1.165) is 75.0 Å². The minimum Gasteiger partial charge on any atom is -0.393 e. The molecule has 3 N–H and O–H groups in total. The number of aliphatic hydroxyl groups excluding tert-OH is 1. The zero-order valence-electron chi connectivity index (χ0n) is 18.0. The van der Waals surface area contributed by atoms with Crippen LogP contribution in [0.25, 0.3) is 11.3 Å². The van der Waals surface area contributed by atoms with Crippen LogP contribution in [-0.4, -0.2) is 76.7 Å². The molecule has 1 aromatic heterocycles. The Kier molecular flexibility index (Phi) is 10.6. The Balaban J connectivity index is 0.00000320. The molecule has 1 aliphatic rings. The predicted octanol–water partition coefficient (Wildman–Crippen LogP) is 2.94. The van der Waals surface area contributed by atoms with Gasteiger partial charge in [0.2, 0.25) is 0 Å². The molecule has 7 nitrogen and oxygen atoms in total. The highest BCUT2D eigenvalue weighted by Gasteiger charge is 2.16. The highest BCUT2D eigenvalue weighted by molar-refractivity contribution is 14.0. The van der Waals surface area contributed by atoms with Crippen LogP contribution in [0.3, 0.4) is 0 Å². The van der Waals surface area contributed by atoms with Gasteiger partial charge in [0.1, 0.15) is 5.82 Å². The summed E-state index contributed by atoms with van der Waals surface area (Å²) in [6.07, 6.45) is 4.59. The van der Waals surface area contributed by atoms with Crippen molar-refractivity contribution in [1.29, 1.82) is 0 Å². The number of aliphatic imine (C=N–C) groups is 1. The van der Waals surface area contributed by atoms with Crippen LogP contribution in [0, 0.1) is 0 Å². The van der Waals surface area contributed by atoms with Gasteiger partial charge in [-0.15, -0.1) is 24.0 Å². The molecule has 0 unspecified atom stereocenters. The van der Waals surface area contributed by atoms with Gasteiger partial charge in [0, 0.05) is 33.2 Å². The molecule has 1 aliphatic heterocycles. The number of piperidine rings is 1. The van der Waals surface area contributed by atoms with Gasteiger partial charge in [0.25, 0.3) is 0 Å². The average Bonchev–Trinajstić information content (AvgIpc) is 3.20. The third-order valence-electron chi connectivity index (χ3n) is 5.25. The van der Waals surface area contributed by atoms with E-state index >= 15 is 0 Å². The summed E-state index contributed by atoms with van der Waals surface area (Å²) in [4.78, 5) is 17.3. The lowest BCUT2D eigenvalue weighted by Gasteiger charge is -2.29. The number of rotatable bonds is 8. The second-order valence-electron chi connectivity index (χ2n) is 7.63. The van der Waals surface area contributed by atoms with Crippen molar-refractivity contribution in [3.8, 4) is 11.3 Å². The van der Waals surface area contributed by atoms with Gasteiger partial charge < -0.3 is 25.2 Å². The van der Waals surface area contributed by atoms with Gasteiger partial charge in [-0.25, -0.2) is 4.98 Å². The topological polar surface area (TPSA) is 79.8 Å². The van der Waals surface area contributed by atoms with Gasteiger partial charge in [0.05, 0.1) is 24.5 Å². The third-order valence-corrected chi connectivity index (χ3v) is 5.25. The number of guanidine groups is 1. The van der Waals surface area contributed by atoms with Gasteiger partial charge in [0.15, 0.2) is 5.96 Å². The molecule has 30 heavy (non-hydrogen) atoms. The number of aromatic amines is 1. The Hall–Kier alpha value is -1.65. The number of nitrogens with zero attached hydrogens (tertiary/aromatic N) is 4. The molecule has 0 bridgehead atoms. The lowest BCUT2D eigenvalue weighted by molar-refractivity contribution is 0.0824. The molecule has 166 valence electrons. The predicted molar refractivity (Wildman–Crippen MR) is 133 cm³/mol. The fourth-order valence-corrected chi connectivity index (χ4v) is 3.60. The first kappa shape index (κ1) is 24.6. The number of H-pyrrole nitrogens is 1. The maximum atomic E-state index is 9.61. The van der Waals surface area contributed by atoms with Crippen molar-refractivity contribution in [3.05, 3.63) is 42.4 Å². The Morgan fingerprint density at radius 3 is 2.73 bits per heavy atom. The number of hydrogen-bond acceptors (Lipinski definition) is 4. The number of imidazole rings is 1. The molecule has 1 aromatic carbocycles. The van der Waals surface area contributed by atoms with Crippen LogP contribution in [0.15, 0.2) is 41.5 Å². The number of aromatic nitrogens is 2. The molecular weight excluding hydrogens is 491 g/mol. The van der Waals surface area contributed by atoms with Crippen molar-refractivity contribution in [2.75, 3.05) is 39.8 Å². The van der Waals surface area contributed by atoms with Crippen LogP contribution in [-0.2, 0) is 6.54 Å². The van der Waals surface area contributed by atoms with Crippen molar-refractivity contribution in [3.63, 3.8) is 0 Å². The molecule has 0 atom stereocenters. The van der Waals surface area contributed by atoms with E-state index in [1.54, 1.807) is 0 Å². The van der Waals surface area contributed by atoms with Gasteiger partial charge in [-0.05, 0) is 38.3 Å². The maximum absolute atomic E-state index is 9.61. The smallest absolute Gasteiger partial charge is 0.194 e. The Morgan fingerprint density at radius 2 is 2.03 bits per heavy atom. The van der Waals surface area contributed by atoms with E-state index < -0.39 is 0 Å². The van der Waals surface area contributed by atoms with Crippen LogP contribution >= 0.6 is 24.0 Å². The van der Waals surface area contributed by atoms with Crippen molar-refractivity contribution in [2.24, 2.45) is 4.99 Å². The van der Waals surface area contributed by atoms with Crippen LogP contribution in [0.4, 0.5) is 0 Å². The first-order chi connectivity index (χ1) is 14.2. The van der Waals surface area contributed by atoms with Crippen LogP contribution in [0.2, 0.25) is 0 Å². The lowest BCUT2D eigenvalue weighted by atomic mass is 10.1. The Bertz CT molecular complexity index is 758. The van der Waals surface area contributed by atoms with Crippen molar-refractivity contribution < 1.29 is 5.11 Å². The molecule has 8 heteroatoms. The molecule has 3 rings (SSSR count). The Morgan fingerprint density at radius 1 is 1.30 bits per heavy atom. The molecule has 0 radical (unpaired) electrons. The SMILES string of the molecule is CCNC(=NCCCN1CCC(O)CC1)N(C)Cc1ncc(-c2ccccc2)[nH]1.I. The molecular formula is C22H35IN6O. The number of aliphatic hydroxyl groups is 1. The molecule has 2 heterocycles. The van der Waals surface area contributed by atoms with Crippen molar-refractivity contribution in [2.45, 2.75) is 38.8 Å². The summed E-state index contributed by atoms with van der Waals surface area (Å²) in [5.74, 6) is 1.82. The van der Waals surface area contributed by atoms with E-state index in [0.29, 0.717) is 6.54 Å². The van der Waals surface area contributed by atoms with Gasteiger partial charge in [-0.2, -0.15) is 0 Å². The van der Waals surface area contributed by atoms with Crippen LogP contribution in [0.5, 0.6) is 0 Å². The highest BCUT2D eigenvalue weighted by atomic mass is 127. The summed E-state index contributed by atoms with van der Waals surface area (Å²) >= 11 is 0. The molecule has 2 aromatic rings. The molecule has 0 aliphatic carbocycles. The van der Waals surface area contributed by atoms with Crippen molar-refractivity contribution >= 4 is 29.9 Å². The standard InChI is InChI=1S/C22H34N6O.HI/c1-3-23-22(24-12-7-13-28-14-10-19(29)11-15-28)27(2)17-21-25-16-20(26-21)18-8-5-4-6-9-18;/h4-6,8-9,16,19,29H,3,7,10-15,17H2,1-2H3,(H,23,24)(H,25,26);1H. The zero-order chi connectivity index (χ0) is 20.5. The number of halogens is 1. The van der Waals surface area contributed by atoms with E-state index in [4.69, 9.17) is 4.99 Å². The van der Waals surface area contributed by atoms with Crippen LogP contribution in [0.1, 0.15) is 32.0 Å².